The molecular formula is C19H22F2O. The summed E-state index contributed by atoms with van der Waals surface area (Å²) in [6.45, 7) is 0. The first-order chi connectivity index (χ1) is 10.6. The average Bonchev–Trinajstić information content (AvgIpc) is 2.55. The minimum Gasteiger partial charge on any atom is -0.450 e. The van der Waals surface area contributed by atoms with E-state index in [1.165, 1.54) is 51.0 Å². The van der Waals surface area contributed by atoms with E-state index < -0.39 is 11.2 Å². The molecule has 2 aliphatic carbocycles. The Kier molecular flexibility index (Phi) is 4.38. The van der Waals surface area contributed by atoms with Crippen molar-refractivity contribution in [3.63, 3.8) is 0 Å². The van der Waals surface area contributed by atoms with Gasteiger partial charge in [-0.25, -0.2) is 8.78 Å². The van der Waals surface area contributed by atoms with Crippen molar-refractivity contribution in [1.82, 2.24) is 0 Å². The highest BCUT2D eigenvalue weighted by molar-refractivity contribution is 5.37. The summed E-state index contributed by atoms with van der Waals surface area (Å²) in [6, 6.07) is 3.71. The number of methoxy groups -OCH3 is 1. The van der Waals surface area contributed by atoms with E-state index >= 15 is 0 Å². The quantitative estimate of drug-likeness (QED) is 0.677. The highest BCUT2D eigenvalue weighted by Gasteiger charge is 2.43. The van der Waals surface area contributed by atoms with Crippen LogP contribution in [0.5, 0.6) is 0 Å². The normalized spacial score (nSPS) is 30.9. The molecule has 0 amide bonds. The molecule has 0 radical (unpaired) electrons. The van der Waals surface area contributed by atoms with Gasteiger partial charge in [-0.1, -0.05) is 25.7 Å². The SMILES string of the molecule is COC#CC1(c2cc(F)ccc2F)CCC2CCCCC2C1. The Bertz CT molecular complexity index is 601. The third-order valence-electron chi connectivity index (χ3n) is 5.46. The molecule has 3 unspecified atom stereocenters. The Morgan fingerprint density at radius 3 is 2.68 bits per heavy atom. The molecular weight excluding hydrogens is 282 g/mol. The topological polar surface area (TPSA) is 9.23 Å². The van der Waals surface area contributed by atoms with Crippen molar-refractivity contribution in [1.29, 1.82) is 0 Å². The number of benzene rings is 1. The van der Waals surface area contributed by atoms with Gasteiger partial charge >= 0.3 is 0 Å². The third kappa shape index (κ3) is 2.84. The van der Waals surface area contributed by atoms with Gasteiger partial charge in [0.2, 0.25) is 0 Å². The summed E-state index contributed by atoms with van der Waals surface area (Å²) in [5.41, 5.74) is -0.207. The van der Waals surface area contributed by atoms with Crippen LogP contribution in [-0.4, -0.2) is 7.11 Å². The molecule has 1 aromatic carbocycles. The van der Waals surface area contributed by atoms with Crippen molar-refractivity contribution < 1.29 is 13.5 Å². The van der Waals surface area contributed by atoms with Gasteiger partial charge in [-0.3, -0.25) is 0 Å². The maximum Gasteiger partial charge on any atom is 0.128 e. The second-order valence-corrected chi connectivity index (χ2v) is 6.68. The standard InChI is InChI=1S/C19H22F2O/c1-22-11-10-19(17-12-16(20)6-7-18(17)21)9-8-14-4-2-3-5-15(14)13-19/h6-7,12,14-15H,2-5,8-9,13H2,1H3. The van der Waals surface area contributed by atoms with Crippen LogP contribution in [0.15, 0.2) is 18.2 Å². The van der Waals surface area contributed by atoms with E-state index in [1.807, 2.05) is 0 Å². The van der Waals surface area contributed by atoms with Crippen molar-refractivity contribution in [3.05, 3.63) is 35.4 Å². The summed E-state index contributed by atoms with van der Waals surface area (Å²) >= 11 is 0. The fraction of sp³-hybridized carbons (Fsp3) is 0.579. The van der Waals surface area contributed by atoms with Crippen LogP contribution in [0.1, 0.15) is 50.5 Å². The van der Waals surface area contributed by atoms with Crippen LogP contribution in [0.2, 0.25) is 0 Å². The van der Waals surface area contributed by atoms with Gasteiger partial charge in [0.15, 0.2) is 0 Å². The number of hydrogen-bond acceptors (Lipinski definition) is 1. The summed E-state index contributed by atoms with van der Waals surface area (Å²) in [5, 5.41) is 0. The zero-order chi connectivity index (χ0) is 15.6. The second kappa shape index (κ2) is 6.28. The summed E-state index contributed by atoms with van der Waals surface area (Å²) in [6.07, 6.45) is 10.3. The van der Waals surface area contributed by atoms with E-state index in [-0.39, 0.29) is 5.82 Å². The lowest BCUT2D eigenvalue weighted by molar-refractivity contribution is 0.130. The number of fused-ring (bicyclic) bond motifs is 1. The maximum atomic E-state index is 14.4. The van der Waals surface area contributed by atoms with Gasteiger partial charge < -0.3 is 4.74 Å². The molecule has 2 aliphatic rings. The molecule has 0 N–H and O–H groups in total. The fourth-order valence-electron chi connectivity index (χ4n) is 4.35. The van der Waals surface area contributed by atoms with Crippen molar-refractivity contribution in [2.75, 3.05) is 7.11 Å². The molecule has 1 nitrogen and oxygen atoms in total. The molecule has 1 aromatic rings. The predicted octanol–water partition coefficient (Wildman–Crippen LogP) is 4.80. The summed E-state index contributed by atoms with van der Waals surface area (Å²) in [7, 11) is 1.51. The van der Waals surface area contributed by atoms with Crippen LogP contribution < -0.4 is 0 Å². The zero-order valence-electron chi connectivity index (χ0n) is 13.0. The Morgan fingerprint density at radius 1 is 1.14 bits per heavy atom. The van der Waals surface area contributed by atoms with Gasteiger partial charge in [0.1, 0.15) is 17.7 Å². The van der Waals surface area contributed by atoms with E-state index in [0.29, 0.717) is 11.5 Å². The molecule has 3 heteroatoms. The van der Waals surface area contributed by atoms with Crippen molar-refractivity contribution in [2.45, 2.75) is 50.4 Å². The predicted molar refractivity (Wildman–Crippen MR) is 82.1 cm³/mol. The van der Waals surface area contributed by atoms with Crippen molar-refractivity contribution in [2.24, 2.45) is 11.8 Å². The van der Waals surface area contributed by atoms with Gasteiger partial charge in [0, 0.05) is 5.56 Å². The summed E-state index contributed by atoms with van der Waals surface area (Å²) in [5.74, 6) is 3.65. The van der Waals surface area contributed by atoms with Gasteiger partial charge in [0.25, 0.3) is 0 Å². The second-order valence-electron chi connectivity index (χ2n) is 6.68. The number of ether oxygens (including phenoxy) is 1. The van der Waals surface area contributed by atoms with Gasteiger partial charge in [-0.2, -0.15) is 0 Å². The van der Waals surface area contributed by atoms with Crippen molar-refractivity contribution >= 4 is 0 Å². The molecule has 3 rings (SSSR count). The smallest absolute Gasteiger partial charge is 0.128 e. The Balaban J connectivity index is 2.00. The third-order valence-corrected chi connectivity index (χ3v) is 5.46. The molecule has 0 bridgehead atoms. The Morgan fingerprint density at radius 2 is 1.91 bits per heavy atom. The summed E-state index contributed by atoms with van der Waals surface area (Å²) in [4.78, 5) is 0. The number of rotatable bonds is 1. The lowest BCUT2D eigenvalue weighted by Crippen LogP contribution is -2.38. The molecule has 118 valence electrons. The lowest BCUT2D eigenvalue weighted by atomic mass is 9.59. The van der Waals surface area contributed by atoms with Crippen LogP contribution in [0, 0.1) is 35.5 Å². The van der Waals surface area contributed by atoms with Crippen LogP contribution in [0.4, 0.5) is 8.78 Å². The van der Waals surface area contributed by atoms with E-state index in [9.17, 15) is 8.78 Å². The number of halogens is 2. The molecule has 0 aromatic heterocycles. The van der Waals surface area contributed by atoms with Crippen LogP contribution in [-0.2, 0) is 10.2 Å². The molecule has 3 atom stereocenters. The minimum absolute atomic E-state index is 0.360. The lowest BCUT2D eigenvalue weighted by Gasteiger charge is -2.44. The maximum absolute atomic E-state index is 14.4. The number of hydrogen-bond donors (Lipinski definition) is 0. The molecule has 2 saturated carbocycles. The molecule has 0 aliphatic heterocycles. The Hall–Kier alpha value is -1.56. The summed E-state index contributed by atoms with van der Waals surface area (Å²) < 4.78 is 33.0. The van der Waals surface area contributed by atoms with Gasteiger partial charge in [0.05, 0.1) is 12.5 Å². The van der Waals surface area contributed by atoms with Crippen LogP contribution in [0.25, 0.3) is 0 Å². The van der Waals surface area contributed by atoms with Crippen LogP contribution in [0.3, 0.4) is 0 Å². The Labute approximate surface area is 131 Å². The van der Waals surface area contributed by atoms with E-state index in [1.54, 1.807) is 0 Å². The monoisotopic (exact) mass is 304 g/mol. The highest BCUT2D eigenvalue weighted by atomic mass is 19.1. The molecule has 22 heavy (non-hydrogen) atoms. The highest BCUT2D eigenvalue weighted by Crippen LogP contribution is 2.49. The molecule has 0 saturated heterocycles. The average molecular weight is 304 g/mol. The van der Waals surface area contributed by atoms with E-state index in [4.69, 9.17) is 4.74 Å². The first-order valence-electron chi connectivity index (χ1n) is 8.15. The first-order valence-corrected chi connectivity index (χ1v) is 8.15. The largest absolute Gasteiger partial charge is 0.450 e. The first kappa shape index (κ1) is 15.3. The van der Waals surface area contributed by atoms with Gasteiger partial charge in [-0.15, -0.1) is 0 Å². The van der Waals surface area contributed by atoms with Crippen molar-refractivity contribution in [3.8, 4) is 12.0 Å². The fourth-order valence-corrected chi connectivity index (χ4v) is 4.35. The van der Waals surface area contributed by atoms with Gasteiger partial charge in [-0.05, 0) is 55.2 Å². The van der Waals surface area contributed by atoms with E-state index in [2.05, 4.69) is 12.0 Å². The van der Waals surface area contributed by atoms with E-state index in [0.717, 1.165) is 25.2 Å². The molecule has 2 fully saturated rings. The minimum atomic E-state index is -0.610. The molecule has 0 heterocycles. The zero-order valence-corrected chi connectivity index (χ0v) is 13.0. The molecule has 0 spiro atoms. The van der Waals surface area contributed by atoms with Crippen LogP contribution >= 0.6 is 0 Å².